The van der Waals surface area contributed by atoms with Gasteiger partial charge in [-0.05, 0) is 77.5 Å². The van der Waals surface area contributed by atoms with Gasteiger partial charge in [0, 0.05) is 27.8 Å². The first-order valence-corrected chi connectivity index (χ1v) is 12.8. The lowest BCUT2D eigenvalue weighted by Gasteiger charge is -2.09. The van der Waals surface area contributed by atoms with Crippen LogP contribution in [0.25, 0.3) is 22.2 Å². The van der Waals surface area contributed by atoms with Crippen LogP contribution in [0.3, 0.4) is 0 Å². The van der Waals surface area contributed by atoms with E-state index in [9.17, 15) is 13.7 Å². The van der Waals surface area contributed by atoms with E-state index in [0.29, 0.717) is 46.0 Å². The first-order valence-electron chi connectivity index (χ1n) is 10.5. The average molecular weight is 522 g/mol. The molecule has 8 heteroatoms. The Labute approximate surface area is 200 Å². The molecule has 33 heavy (non-hydrogen) atoms. The van der Waals surface area contributed by atoms with Crippen molar-refractivity contribution in [1.29, 1.82) is 5.26 Å². The number of fused-ring (bicyclic) bond motifs is 1. The van der Waals surface area contributed by atoms with Crippen molar-refractivity contribution in [1.82, 2.24) is 8.96 Å². The maximum absolute atomic E-state index is 13.5. The van der Waals surface area contributed by atoms with Crippen molar-refractivity contribution in [3.63, 3.8) is 0 Å². The summed E-state index contributed by atoms with van der Waals surface area (Å²) >= 11 is 3.44. The molecule has 0 saturated heterocycles. The molecule has 1 aliphatic carbocycles. The third-order valence-electron chi connectivity index (χ3n) is 5.74. The van der Waals surface area contributed by atoms with Crippen LogP contribution < -0.4 is 4.74 Å². The van der Waals surface area contributed by atoms with Gasteiger partial charge in [-0.3, -0.25) is 0 Å². The quantitative estimate of drug-likeness (QED) is 0.326. The van der Waals surface area contributed by atoms with E-state index in [0.717, 1.165) is 22.9 Å². The topological polar surface area (TPSA) is 85.0 Å². The Hall–Kier alpha value is -3.15. The van der Waals surface area contributed by atoms with Gasteiger partial charge in [0.2, 0.25) is 0 Å². The molecule has 6 nitrogen and oxygen atoms in total. The summed E-state index contributed by atoms with van der Waals surface area (Å²) in [5.41, 5.74) is 3.09. The second-order valence-electron chi connectivity index (χ2n) is 8.26. The van der Waals surface area contributed by atoms with Crippen molar-refractivity contribution in [3.8, 4) is 22.9 Å². The maximum atomic E-state index is 13.5. The fourth-order valence-electron chi connectivity index (χ4n) is 3.69. The van der Waals surface area contributed by atoms with Crippen molar-refractivity contribution in [2.24, 2.45) is 5.92 Å². The molecule has 0 unspecified atom stereocenters. The molecule has 166 valence electrons. The number of ether oxygens (including phenoxy) is 1. The highest BCUT2D eigenvalue weighted by Crippen LogP contribution is 2.36. The van der Waals surface area contributed by atoms with Crippen molar-refractivity contribution in [3.05, 3.63) is 76.5 Å². The summed E-state index contributed by atoms with van der Waals surface area (Å²) in [6.07, 6.45) is 5.47. The predicted octanol–water partition coefficient (Wildman–Crippen LogP) is 5.67. The zero-order valence-corrected chi connectivity index (χ0v) is 20.2. The van der Waals surface area contributed by atoms with Crippen LogP contribution in [0.5, 0.6) is 5.75 Å². The number of halogens is 1. The molecule has 0 amide bonds. The molecule has 0 bridgehead atoms. The molecule has 1 fully saturated rings. The fourth-order valence-corrected chi connectivity index (χ4v) is 5.35. The summed E-state index contributed by atoms with van der Waals surface area (Å²) in [6, 6.07) is 16.1. The highest BCUT2D eigenvalue weighted by Gasteiger charge is 2.24. The van der Waals surface area contributed by atoms with Crippen LogP contribution >= 0.6 is 15.9 Å². The molecular formula is C25H20BrN3O3S. The van der Waals surface area contributed by atoms with Crippen LogP contribution in [0.1, 0.15) is 24.0 Å². The normalized spacial score (nSPS) is 13.7. The molecular weight excluding hydrogens is 502 g/mol. The zero-order chi connectivity index (χ0) is 23.2. The van der Waals surface area contributed by atoms with E-state index in [1.165, 1.54) is 3.97 Å². The van der Waals surface area contributed by atoms with Crippen LogP contribution in [0, 0.1) is 24.2 Å². The van der Waals surface area contributed by atoms with Crippen molar-refractivity contribution in [2.45, 2.75) is 24.7 Å². The number of pyridine rings is 1. The Morgan fingerprint density at radius 3 is 2.64 bits per heavy atom. The molecule has 2 aromatic heterocycles. The molecule has 0 aliphatic heterocycles. The van der Waals surface area contributed by atoms with Crippen LogP contribution in [-0.2, 0) is 10.0 Å². The molecule has 1 aliphatic rings. The van der Waals surface area contributed by atoms with E-state index in [4.69, 9.17) is 4.74 Å². The van der Waals surface area contributed by atoms with Crippen LogP contribution in [0.2, 0.25) is 0 Å². The van der Waals surface area contributed by atoms with Gasteiger partial charge >= 0.3 is 0 Å². The summed E-state index contributed by atoms with van der Waals surface area (Å²) in [4.78, 5) is 4.58. The van der Waals surface area contributed by atoms with Gasteiger partial charge in [0.15, 0.2) is 5.65 Å². The number of aryl methyl sites for hydroxylation is 1. The lowest BCUT2D eigenvalue weighted by Crippen LogP contribution is -2.12. The summed E-state index contributed by atoms with van der Waals surface area (Å²) in [5.74, 6) is 1.12. The SMILES string of the molecule is Cc1ccc(S(=O)(=O)n2cc(-c3ccc(OCC4CC4)c(C#N)c3)c3cc(Br)cnc32)cc1. The minimum Gasteiger partial charge on any atom is -0.492 e. The second-order valence-corrected chi connectivity index (χ2v) is 11.0. The lowest BCUT2D eigenvalue weighted by molar-refractivity contribution is 0.299. The highest BCUT2D eigenvalue weighted by molar-refractivity contribution is 9.10. The van der Waals surface area contributed by atoms with E-state index < -0.39 is 10.0 Å². The molecule has 2 aromatic carbocycles. The Bertz CT molecular complexity index is 1520. The van der Waals surface area contributed by atoms with Gasteiger partial charge in [0.1, 0.15) is 11.8 Å². The van der Waals surface area contributed by atoms with E-state index in [-0.39, 0.29) is 4.90 Å². The molecule has 0 radical (unpaired) electrons. The van der Waals surface area contributed by atoms with Crippen LogP contribution in [0.15, 0.2) is 70.3 Å². The highest BCUT2D eigenvalue weighted by atomic mass is 79.9. The summed E-state index contributed by atoms with van der Waals surface area (Å²) in [5, 5.41) is 10.3. The molecule has 2 heterocycles. The number of hydrogen-bond donors (Lipinski definition) is 0. The first-order chi connectivity index (χ1) is 15.9. The Morgan fingerprint density at radius 2 is 1.94 bits per heavy atom. The van der Waals surface area contributed by atoms with E-state index >= 15 is 0 Å². The maximum Gasteiger partial charge on any atom is 0.269 e. The van der Waals surface area contributed by atoms with Gasteiger partial charge in [0.25, 0.3) is 10.0 Å². The minimum absolute atomic E-state index is 0.183. The van der Waals surface area contributed by atoms with Crippen LogP contribution in [-0.4, -0.2) is 24.0 Å². The van der Waals surface area contributed by atoms with E-state index in [2.05, 4.69) is 27.0 Å². The standard InChI is InChI=1S/C25H20BrN3O3S/c1-16-2-7-21(8-3-16)33(30,31)29-14-23(22-11-20(26)13-28-25(22)29)18-6-9-24(19(10-18)12-27)32-15-17-4-5-17/h2-3,6-11,13-14,17H,4-5,15H2,1H3. The van der Waals surface area contributed by atoms with E-state index in [1.54, 1.807) is 48.8 Å². The van der Waals surface area contributed by atoms with Crippen LogP contribution in [0.4, 0.5) is 0 Å². The molecule has 0 N–H and O–H groups in total. The third-order valence-corrected chi connectivity index (χ3v) is 7.84. The Kier molecular flexibility index (Phi) is 5.47. The van der Waals surface area contributed by atoms with Gasteiger partial charge in [-0.2, -0.15) is 5.26 Å². The van der Waals surface area contributed by atoms with Crippen molar-refractivity contribution < 1.29 is 13.2 Å². The molecule has 4 aromatic rings. The monoisotopic (exact) mass is 521 g/mol. The van der Waals surface area contributed by atoms with Crippen molar-refractivity contribution in [2.75, 3.05) is 6.61 Å². The predicted molar refractivity (Wildman–Crippen MR) is 130 cm³/mol. The second kappa shape index (κ2) is 8.32. The molecule has 1 saturated carbocycles. The van der Waals surface area contributed by atoms with E-state index in [1.807, 2.05) is 19.1 Å². The molecule has 0 atom stereocenters. The first kappa shape index (κ1) is 21.7. The minimum atomic E-state index is -3.87. The van der Waals surface area contributed by atoms with Gasteiger partial charge in [-0.25, -0.2) is 17.4 Å². The van der Waals surface area contributed by atoms with Gasteiger partial charge < -0.3 is 4.74 Å². The largest absolute Gasteiger partial charge is 0.492 e. The summed E-state index contributed by atoms with van der Waals surface area (Å²) in [7, 11) is -3.87. The smallest absolute Gasteiger partial charge is 0.269 e. The number of nitrogens with zero attached hydrogens (tertiary/aromatic N) is 3. The Balaban J connectivity index is 1.64. The summed E-state index contributed by atoms with van der Waals surface area (Å²) in [6.45, 7) is 2.52. The van der Waals surface area contributed by atoms with Crippen molar-refractivity contribution >= 4 is 37.0 Å². The molecule has 5 rings (SSSR count). The number of rotatable bonds is 6. The number of aromatic nitrogens is 2. The summed E-state index contributed by atoms with van der Waals surface area (Å²) < 4.78 is 34.7. The zero-order valence-electron chi connectivity index (χ0n) is 17.8. The average Bonchev–Trinajstić information content (AvgIpc) is 3.56. The number of benzene rings is 2. The van der Waals surface area contributed by atoms with Gasteiger partial charge in [-0.1, -0.05) is 23.8 Å². The fraction of sp³-hybridized carbons (Fsp3) is 0.200. The van der Waals surface area contributed by atoms with Gasteiger partial charge in [0.05, 0.1) is 17.1 Å². The number of hydrogen-bond acceptors (Lipinski definition) is 5. The Morgan fingerprint density at radius 1 is 1.18 bits per heavy atom. The number of nitriles is 1. The van der Waals surface area contributed by atoms with Gasteiger partial charge in [-0.15, -0.1) is 0 Å². The third kappa shape index (κ3) is 4.14. The molecule has 0 spiro atoms. The lowest BCUT2D eigenvalue weighted by atomic mass is 10.0.